The van der Waals surface area contributed by atoms with Crippen molar-refractivity contribution in [3.63, 3.8) is 0 Å². The van der Waals surface area contributed by atoms with Gasteiger partial charge in [-0.2, -0.15) is 10.4 Å². The SMILES string of the molecule is COc1cc(C#N)ccc1OCC(=O)Nc1c(C)nn(-c2ccc(C)cc2)c1C. The molecule has 3 rings (SSSR count). The van der Waals surface area contributed by atoms with Crippen LogP contribution in [0.5, 0.6) is 11.5 Å². The van der Waals surface area contributed by atoms with Gasteiger partial charge in [-0.3, -0.25) is 4.79 Å². The minimum atomic E-state index is -0.314. The van der Waals surface area contributed by atoms with Crippen molar-refractivity contribution in [2.45, 2.75) is 20.8 Å². The fraction of sp³-hybridized carbons (Fsp3) is 0.227. The Morgan fingerprint density at radius 2 is 1.86 bits per heavy atom. The van der Waals surface area contributed by atoms with E-state index in [1.807, 2.05) is 51.1 Å². The smallest absolute Gasteiger partial charge is 0.262 e. The Bertz CT molecular complexity index is 1080. The number of aryl methyl sites for hydroxylation is 2. The fourth-order valence-electron chi connectivity index (χ4n) is 2.94. The monoisotopic (exact) mass is 390 g/mol. The third-order valence-corrected chi connectivity index (χ3v) is 4.49. The molecule has 29 heavy (non-hydrogen) atoms. The van der Waals surface area contributed by atoms with Crippen molar-refractivity contribution in [3.05, 3.63) is 65.0 Å². The van der Waals surface area contributed by atoms with Crippen LogP contribution in [0.4, 0.5) is 5.69 Å². The second-order valence-electron chi connectivity index (χ2n) is 6.61. The van der Waals surface area contributed by atoms with Crippen LogP contribution < -0.4 is 14.8 Å². The molecule has 7 heteroatoms. The number of ether oxygens (including phenoxy) is 2. The number of nitrogens with one attached hydrogen (secondary N) is 1. The van der Waals surface area contributed by atoms with Gasteiger partial charge in [0.25, 0.3) is 5.91 Å². The van der Waals surface area contributed by atoms with Gasteiger partial charge in [-0.1, -0.05) is 17.7 Å². The summed E-state index contributed by atoms with van der Waals surface area (Å²) in [6, 6.07) is 14.8. The summed E-state index contributed by atoms with van der Waals surface area (Å²) < 4.78 is 12.6. The number of aromatic nitrogens is 2. The van der Waals surface area contributed by atoms with Crippen LogP contribution in [0.15, 0.2) is 42.5 Å². The van der Waals surface area contributed by atoms with Gasteiger partial charge in [0.1, 0.15) is 0 Å². The lowest BCUT2D eigenvalue weighted by Crippen LogP contribution is -2.21. The van der Waals surface area contributed by atoms with Crippen molar-refractivity contribution in [2.75, 3.05) is 19.0 Å². The molecule has 7 nitrogen and oxygen atoms in total. The van der Waals surface area contributed by atoms with Gasteiger partial charge in [0.2, 0.25) is 0 Å². The van der Waals surface area contributed by atoms with Gasteiger partial charge >= 0.3 is 0 Å². The van der Waals surface area contributed by atoms with Crippen LogP contribution in [0.2, 0.25) is 0 Å². The molecule has 0 atom stereocenters. The number of amides is 1. The van der Waals surface area contributed by atoms with E-state index in [0.29, 0.717) is 28.4 Å². The first-order chi connectivity index (χ1) is 13.9. The first-order valence-electron chi connectivity index (χ1n) is 9.07. The first kappa shape index (κ1) is 20.0. The summed E-state index contributed by atoms with van der Waals surface area (Å²) >= 11 is 0. The number of nitriles is 1. The molecular formula is C22H22N4O3. The van der Waals surface area contributed by atoms with Crippen molar-refractivity contribution in [2.24, 2.45) is 0 Å². The molecule has 0 radical (unpaired) electrons. The van der Waals surface area contributed by atoms with E-state index in [1.54, 1.807) is 22.9 Å². The van der Waals surface area contributed by atoms with Gasteiger partial charge in [-0.25, -0.2) is 4.68 Å². The van der Waals surface area contributed by atoms with Gasteiger partial charge < -0.3 is 14.8 Å². The van der Waals surface area contributed by atoms with E-state index in [1.165, 1.54) is 12.7 Å². The summed E-state index contributed by atoms with van der Waals surface area (Å²) in [5.41, 5.74) is 4.75. The summed E-state index contributed by atoms with van der Waals surface area (Å²) in [4.78, 5) is 12.4. The number of hydrogen-bond acceptors (Lipinski definition) is 5. The maximum absolute atomic E-state index is 12.4. The third kappa shape index (κ3) is 4.38. The summed E-state index contributed by atoms with van der Waals surface area (Å²) in [6.07, 6.45) is 0. The van der Waals surface area contributed by atoms with Crippen molar-refractivity contribution in [3.8, 4) is 23.3 Å². The van der Waals surface area contributed by atoms with E-state index in [4.69, 9.17) is 14.7 Å². The molecule has 0 aliphatic rings. The Morgan fingerprint density at radius 1 is 1.14 bits per heavy atom. The van der Waals surface area contributed by atoms with Gasteiger partial charge in [0.05, 0.1) is 41.5 Å². The van der Waals surface area contributed by atoms with Gasteiger partial charge in [-0.15, -0.1) is 0 Å². The van der Waals surface area contributed by atoms with Crippen molar-refractivity contribution >= 4 is 11.6 Å². The Hall–Kier alpha value is -3.79. The highest BCUT2D eigenvalue weighted by Crippen LogP contribution is 2.28. The molecule has 0 unspecified atom stereocenters. The number of carbonyl (C=O) groups is 1. The van der Waals surface area contributed by atoms with Crippen LogP contribution in [-0.4, -0.2) is 29.4 Å². The van der Waals surface area contributed by atoms with Crippen molar-refractivity contribution < 1.29 is 14.3 Å². The average Bonchev–Trinajstić information content (AvgIpc) is 3.00. The van der Waals surface area contributed by atoms with Gasteiger partial charge in [0, 0.05) is 6.07 Å². The molecule has 0 bridgehead atoms. The van der Waals surface area contributed by atoms with Crippen LogP contribution >= 0.6 is 0 Å². The topological polar surface area (TPSA) is 89.2 Å². The number of rotatable bonds is 6. The zero-order chi connectivity index (χ0) is 21.0. The lowest BCUT2D eigenvalue weighted by atomic mass is 10.2. The van der Waals surface area contributed by atoms with Crippen LogP contribution in [0.3, 0.4) is 0 Å². The quantitative estimate of drug-likeness (QED) is 0.693. The predicted molar refractivity (Wildman–Crippen MR) is 110 cm³/mol. The molecule has 1 amide bonds. The molecule has 0 fully saturated rings. The number of methoxy groups -OCH3 is 1. The number of nitrogens with zero attached hydrogens (tertiary/aromatic N) is 3. The van der Waals surface area contributed by atoms with E-state index in [-0.39, 0.29) is 12.5 Å². The highest BCUT2D eigenvalue weighted by molar-refractivity contribution is 5.93. The molecule has 0 spiro atoms. The summed E-state index contributed by atoms with van der Waals surface area (Å²) in [7, 11) is 1.48. The van der Waals surface area contributed by atoms with Gasteiger partial charge in [-0.05, 0) is 45.0 Å². The maximum atomic E-state index is 12.4. The lowest BCUT2D eigenvalue weighted by molar-refractivity contribution is -0.118. The van der Waals surface area contributed by atoms with Crippen molar-refractivity contribution in [1.82, 2.24) is 9.78 Å². The maximum Gasteiger partial charge on any atom is 0.262 e. The largest absolute Gasteiger partial charge is 0.493 e. The normalized spacial score (nSPS) is 10.3. The van der Waals surface area contributed by atoms with E-state index >= 15 is 0 Å². The highest BCUT2D eigenvalue weighted by Gasteiger charge is 2.16. The molecule has 1 N–H and O–H groups in total. The summed E-state index contributed by atoms with van der Waals surface area (Å²) in [5.74, 6) is 0.480. The first-order valence-corrected chi connectivity index (χ1v) is 9.07. The number of benzene rings is 2. The zero-order valence-electron chi connectivity index (χ0n) is 16.8. The molecule has 3 aromatic rings. The van der Waals surface area contributed by atoms with E-state index in [2.05, 4.69) is 10.4 Å². The zero-order valence-corrected chi connectivity index (χ0v) is 16.8. The van der Waals surface area contributed by atoms with Crippen LogP contribution in [0, 0.1) is 32.1 Å². The Labute approximate surface area is 169 Å². The molecule has 2 aromatic carbocycles. The Morgan fingerprint density at radius 3 is 2.52 bits per heavy atom. The molecule has 148 valence electrons. The molecule has 0 saturated carbocycles. The summed E-state index contributed by atoms with van der Waals surface area (Å²) in [5, 5.41) is 16.4. The Kier molecular flexibility index (Phi) is 5.84. The molecule has 0 aliphatic heterocycles. The van der Waals surface area contributed by atoms with Crippen LogP contribution in [-0.2, 0) is 4.79 Å². The summed E-state index contributed by atoms with van der Waals surface area (Å²) in [6.45, 7) is 5.58. The van der Waals surface area contributed by atoms with E-state index in [0.717, 1.165) is 11.4 Å². The lowest BCUT2D eigenvalue weighted by Gasteiger charge is -2.11. The second kappa shape index (κ2) is 8.48. The highest BCUT2D eigenvalue weighted by atomic mass is 16.5. The Balaban J connectivity index is 1.72. The van der Waals surface area contributed by atoms with Gasteiger partial charge in [0.15, 0.2) is 18.1 Å². The molecule has 1 heterocycles. The van der Waals surface area contributed by atoms with Crippen LogP contribution in [0.25, 0.3) is 5.69 Å². The minimum absolute atomic E-state index is 0.198. The number of anilines is 1. The second-order valence-corrected chi connectivity index (χ2v) is 6.61. The number of carbonyl (C=O) groups excluding carboxylic acids is 1. The van der Waals surface area contributed by atoms with E-state index in [9.17, 15) is 4.79 Å². The fourth-order valence-corrected chi connectivity index (χ4v) is 2.94. The third-order valence-electron chi connectivity index (χ3n) is 4.49. The average molecular weight is 390 g/mol. The predicted octanol–water partition coefficient (Wildman–Crippen LogP) is 3.70. The van der Waals surface area contributed by atoms with E-state index < -0.39 is 0 Å². The van der Waals surface area contributed by atoms with Crippen molar-refractivity contribution in [1.29, 1.82) is 5.26 Å². The standard InChI is InChI=1S/C22H22N4O3/c1-14-5-8-18(9-6-14)26-16(3)22(15(2)25-26)24-21(27)13-29-19-10-7-17(12-23)11-20(19)28-4/h5-11H,13H2,1-4H3,(H,24,27). The number of hydrogen-bond donors (Lipinski definition) is 1. The molecular weight excluding hydrogens is 368 g/mol. The molecule has 0 saturated heterocycles. The molecule has 0 aliphatic carbocycles. The van der Waals surface area contributed by atoms with Crippen LogP contribution in [0.1, 0.15) is 22.5 Å². The molecule has 1 aromatic heterocycles. The minimum Gasteiger partial charge on any atom is -0.493 e.